The van der Waals surface area contributed by atoms with Crippen molar-refractivity contribution < 1.29 is 9.47 Å². The van der Waals surface area contributed by atoms with E-state index in [1.807, 2.05) is 6.07 Å². The Kier molecular flexibility index (Phi) is 5.96. The fourth-order valence-corrected chi connectivity index (χ4v) is 2.52. The fourth-order valence-electron chi connectivity index (χ4n) is 2.52. The van der Waals surface area contributed by atoms with E-state index >= 15 is 0 Å². The summed E-state index contributed by atoms with van der Waals surface area (Å²) in [6, 6.07) is 1.86. The molecule has 1 aliphatic heterocycles. The molecule has 0 aromatic carbocycles. The maximum atomic E-state index is 11.9. The molecule has 0 amide bonds. The largest absolute Gasteiger partial charge is 0.379 e. The molecule has 1 aromatic heterocycles. The standard InChI is InChI=1S/C15H22N4O4/c1-18-13(12(9-16)14(20)19(2)15(18)21)17-6-4-7-22-10-11-5-3-8-23-11/h11,17H,3-8,10H2,1-2H3/t11-/m0/s1. The van der Waals surface area contributed by atoms with Crippen LogP contribution >= 0.6 is 0 Å². The zero-order chi connectivity index (χ0) is 16.8. The normalized spacial score (nSPS) is 17.2. The van der Waals surface area contributed by atoms with E-state index in [1.54, 1.807) is 0 Å². The van der Waals surface area contributed by atoms with Crippen LogP contribution in [0.1, 0.15) is 24.8 Å². The van der Waals surface area contributed by atoms with Gasteiger partial charge in [-0.15, -0.1) is 0 Å². The number of ether oxygens (including phenoxy) is 2. The third kappa shape index (κ3) is 4.00. The maximum absolute atomic E-state index is 11.9. The Balaban J connectivity index is 1.87. The molecule has 0 spiro atoms. The highest BCUT2D eigenvalue weighted by atomic mass is 16.5. The van der Waals surface area contributed by atoms with Crippen LogP contribution in [0.15, 0.2) is 9.59 Å². The molecule has 1 fully saturated rings. The average Bonchev–Trinajstić information content (AvgIpc) is 3.06. The first-order valence-corrected chi connectivity index (χ1v) is 7.69. The number of hydrogen-bond acceptors (Lipinski definition) is 6. The quantitative estimate of drug-likeness (QED) is 0.707. The number of aromatic nitrogens is 2. The van der Waals surface area contributed by atoms with Crippen molar-refractivity contribution in [2.45, 2.75) is 25.4 Å². The third-order valence-corrected chi connectivity index (χ3v) is 3.86. The lowest BCUT2D eigenvalue weighted by molar-refractivity contribution is 0.0172. The van der Waals surface area contributed by atoms with Gasteiger partial charge in [0.05, 0.1) is 12.7 Å². The molecule has 0 aliphatic carbocycles. The van der Waals surface area contributed by atoms with E-state index in [0.717, 1.165) is 24.0 Å². The Bertz CT molecular complexity index is 695. The lowest BCUT2D eigenvalue weighted by Crippen LogP contribution is -2.40. The summed E-state index contributed by atoms with van der Waals surface area (Å²) in [4.78, 5) is 23.8. The number of nitrogens with one attached hydrogen (secondary N) is 1. The van der Waals surface area contributed by atoms with Crippen LogP contribution < -0.4 is 16.6 Å². The van der Waals surface area contributed by atoms with Gasteiger partial charge in [0.25, 0.3) is 5.56 Å². The molecule has 2 rings (SSSR count). The predicted molar refractivity (Wildman–Crippen MR) is 84.5 cm³/mol. The van der Waals surface area contributed by atoms with Gasteiger partial charge < -0.3 is 14.8 Å². The summed E-state index contributed by atoms with van der Waals surface area (Å²) in [6.07, 6.45) is 3.02. The summed E-state index contributed by atoms with van der Waals surface area (Å²) in [6.45, 7) is 2.45. The summed E-state index contributed by atoms with van der Waals surface area (Å²) in [7, 11) is 2.88. The molecular weight excluding hydrogens is 300 g/mol. The van der Waals surface area contributed by atoms with Crippen molar-refractivity contribution in [1.29, 1.82) is 5.26 Å². The monoisotopic (exact) mass is 322 g/mol. The highest BCUT2D eigenvalue weighted by Crippen LogP contribution is 2.12. The molecule has 1 atom stereocenters. The number of hydrogen-bond donors (Lipinski definition) is 1. The molecule has 1 aromatic rings. The van der Waals surface area contributed by atoms with E-state index in [0.29, 0.717) is 26.2 Å². The van der Waals surface area contributed by atoms with Crippen molar-refractivity contribution >= 4 is 5.82 Å². The zero-order valence-electron chi connectivity index (χ0n) is 13.5. The first kappa shape index (κ1) is 17.2. The molecule has 8 heteroatoms. The summed E-state index contributed by atoms with van der Waals surface area (Å²) in [5, 5.41) is 12.1. The van der Waals surface area contributed by atoms with Gasteiger partial charge in [0.1, 0.15) is 11.9 Å². The Morgan fingerprint density at radius 1 is 1.39 bits per heavy atom. The van der Waals surface area contributed by atoms with Gasteiger partial charge >= 0.3 is 5.69 Å². The van der Waals surface area contributed by atoms with Crippen molar-refractivity contribution in [3.63, 3.8) is 0 Å². The fraction of sp³-hybridized carbons (Fsp3) is 0.667. The number of rotatable bonds is 7. The van der Waals surface area contributed by atoms with Crippen LogP contribution in [0.2, 0.25) is 0 Å². The third-order valence-electron chi connectivity index (χ3n) is 3.86. The molecule has 0 saturated carbocycles. The van der Waals surface area contributed by atoms with Gasteiger partial charge in [0, 0.05) is 33.9 Å². The predicted octanol–water partition coefficient (Wildman–Crippen LogP) is -0.0467. The number of nitrogens with zero attached hydrogens (tertiary/aromatic N) is 3. The van der Waals surface area contributed by atoms with Gasteiger partial charge in [-0.2, -0.15) is 5.26 Å². The lowest BCUT2D eigenvalue weighted by atomic mass is 10.2. The SMILES string of the molecule is Cn1c(NCCCOC[C@@H]2CCCO2)c(C#N)c(=O)n(C)c1=O. The molecule has 0 radical (unpaired) electrons. The smallest absolute Gasteiger partial charge is 0.332 e. The van der Waals surface area contributed by atoms with Gasteiger partial charge in [0.15, 0.2) is 5.56 Å². The second kappa shape index (κ2) is 7.94. The Morgan fingerprint density at radius 3 is 2.83 bits per heavy atom. The zero-order valence-corrected chi connectivity index (χ0v) is 13.5. The van der Waals surface area contributed by atoms with Crippen molar-refractivity contribution in [2.75, 3.05) is 31.7 Å². The molecule has 1 N–H and O–H groups in total. The van der Waals surface area contributed by atoms with E-state index in [4.69, 9.17) is 14.7 Å². The van der Waals surface area contributed by atoms with Crippen molar-refractivity contribution in [2.24, 2.45) is 14.1 Å². The van der Waals surface area contributed by atoms with Crippen LogP contribution in [0.3, 0.4) is 0 Å². The van der Waals surface area contributed by atoms with E-state index in [-0.39, 0.29) is 17.5 Å². The average molecular weight is 322 g/mol. The van der Waals surface area contributed by atoms with Crippen LogP contribution in [-0.4, -0.2) is 41.6 Å². The molecule has 23 heavy (non-hydrogen) atoms. The molecular formula is C15H22N4O4. The second-order valence-electron chi connectivity index (χ2n) is 5.53. The van der Waals surface area contributed by atoms with Crippen LogP contribution in [0.4, 0.5) is 5.82 Å². The van der Waals surface area contributed by atoms with E-state index in [1.165, 1.54) is 18.7 Å². The van der Waals surface area contributed by atoms with Gasteiger partial charge in [0.2, 0.25) is 0 Å². The summed E-state index contributed by atoms with van der Waals surface area (Å²) in [5.41, 5.74) is -1.12. The first-order chi connectivity index (χ1) is 11.1. The van der Waals surface area contributed by atoms with Crippen molar-refractivity contribution in [3.05, 3.63) is 26.4 Å². The molecule has 0 unspecified atom stereocenters. The van der Waals surface area contributed by atoms with Crippen LogP contribution in [-0.2, 0) is 23.6 Å². The van der Waals surface area contributed by atoms with E-state index < -0.39 is 11.2 Å². The highest BCUT2D eigenvalue weighted by molar-refractivity contribution is 5.51. The van der Waals surface area contributed by atoms with Gasteiger partial charge in [-0.1, -0.05) is 0 Å². The molecule has 126 valence electrons. The number of nitriles is 1. The number of anilines is 1. The van der Waals surface area contributed by atoms with E-state index in [9.17, 15) is 9.59 Å². The molecule has 1 saturated heterocycles. The highest BCUT2D eigenvalue weighted by Gasteiger charge is 2.16. The molecule has 2 heterocycles. The minimum atomic E-state index is -0.590. The van der Waals surface area contributed by atoms with E-state index in [2.05, 4.69) is 5.32 Å². The summed E-state index contributed by atoms with van der Waals surface area (Å²) < 4.78 is 13.2. The van der Waals surface area contributed by atoms with Crippen molar-refractivity contribution in [1.82, 2.24) is 9.13 Å². The summed E-state index contributed by atoms with van der Waals surface area (Å²) >= 11 is 0. The topological polar surface area (TPSA) is 98.3 Å². The van der Waals surface area contributed by atoms with Gasteiger partial charge in [-0.05, 0) is 19.3 Å². The van der Waals surface area contributed by atoms with Crippen molar-refractivity contribution in [3.8, 4) is 6.07 Å². The van der Waals surface area contributed by atoms with Gasteiger partial charge in [-0.25, -0.2) is 4.79 Å². The van der Waals surface area contributed by atoms with Crippen LogP contribution in [0.25, 0.3) is 0 Å². The summed E-state index contributed by atoms with van der Waals surface area (Å²) in [5.74, 6) is 0.250. The van der Waals surface area contributed by atoms with Gasteiger partial charge in [-0.3, -0.25) is 13.9 Å². The Morgan fingerprint density at radius 2 is 2.17 bits per heavy atom. The molecule has 1 aliphatic rings. The molecule has 0 bridgehead atoms. The van der Waals surface area contributed by atoms with Crippen LogP contribution in [0, 0.1) is 11.3 Å². The maximum Gasteiger partial charge on any atom is 0.332 e. The van der Waals surface area contributed by atoms with Crippen LogP contribution in [0.5, 0.6) is 0 Å². The Hall–Kier alpha value is -2.11. The lowest BCUT2D eigenvalue weighted by Gasteiger charge is -2.14. The minimum Gasteiger partial charge on any atom is -0.379 e. The Labute approximate surface area is 134 Å². The second-order valence-corrected chi connectivity index (χ2v) is 5.53. The first-order valence-electron chi connectivity index (χ1n) is 7.69. The molecule has 8 nitrogen and oxygen atoms in total. The minimum absolute atomic E-state index is 0.0603.